The Morgan fingerprint density at radius 3 is 2.90 bits per heavy atom. The summed E-state index contributed by atoms with van der Waals surface area (Å²) in [5.74, 6) is 0.361. The summed E-state index contributed by atoms with van der Waals surface area (Å²) >= 11 is 0. The first-order valence-electron chi connectivity index (χ1n) is 6.06. The molecule has 0 unspecified atom stereocenters. The molecule has 0 atom stereocenters. The predicted octanol–water partition coefficient (Wildman–Crippen LogP) is 1.02. The molecule has 2 N–H and O–H groups in total. The molecule has 6 heteroatoms. The molecule has 2 heterocycles. The lowest BCUT2D eigenvalue weighted by Gasteiger charge is -2.06. The number of methoxy groups -OCH3 is 1. The number of rotatable bonds is 4. The number of carbonyl (C=O) groups is 1. The van der Waals surface area contributed by atoms with Crippen molar-refractivity contribution in [2.45, 2.75) is 13.5 Å². The normalized spacial score (nSPS) is 10.1. The topological polar surface area (TPSA) is 84.1 Å². The molecule has 104 valence electrons. The first-order valence-corrected chi connectivity index (χ1v) is 6.06. The summed E-state index contributed by atoms with van der Waals surface area (Å²) in [7, 11) is 1.57. The summed E-state index contributed by atoms with van der Waals surface area (Å²) in [5, 5.41) is 2.71. The zero-order valence-electron chi connectivity index (χ0n) is 11.3. The third-order valence-corrected chi connectivity index (χ3v) is 2.69. The molecule has 0 saturated heterocycles. The molecule has 1 amide bonds. The van der Waals surface area contributed by atoms with Crippen LogP contribution in [0.4, 0.5) is 0 Å². The lowest BCUT2D eigenvalue weighted by atomic mass is 10.2. The molecular formula is C14H15N3O3. The van der Waals surface area contributed by atoms with Gasteiger partial charge < -0.3 is 15.0 Å². The number of pyridine rings is 2. The second kappa shape index (κ2) is 6.01. The maximum atomic E-state index is 12.0. The molecule has 0 aliphatic rings. The highest BCUT2D eigenvalue weighted by Crippen LogP contribution is 2.09. The first-order chi connectivity index (χ1) is 9.58. The highest BCUT2D eigenvalue weighted by Gasteiger charge is 2.07. The number of ether oxygens (including phenoxy) is 1. The van der Waals surface area contributed by atoms with Crippen LogP contribution in [0, 0.1) is 6.92 Å². The van der Waals surface area contributed by atoms with Gasteiger partial charge in [0.05, 0.1) is 19.3 Å². The van der Waals surface area contributed by atoms with Crippen LogP contribution in [0.1, 0.15) is 21.7 Å². The first kappa shape index (κ1) is 13.8. The standard InChI is InChI=1S/C14H15N3O3/c1-9-5-10(6-13(18)17-9)14(19)16-8-11-7-12(20-2)3-4-15-11/h3-7H,8H2,1-2H3,(H,16,19)(H,17,18). The number of nitrogens with one attached hydrogen (secondary N) is 2. The largest absolute Gasteiger partial charge is 0.497 e. The Balaban J connectivity index is 2.06. The number of hydrogen-bond donors (Lipinski definition) is 2. The molecule has 20 heavy (non-hydrogen) atoms. The summed E-state index contributed by atoms with van der Waals surface area (Å²) in [6, 6.07) is 6.35. The van der Waals surface area contributed by atoms with E-state index in [1.807, 2.05) is 0 Å². The Bertz CT molecular complexity index is 679. The Morgan fingerprint density at radius 2 is 2.20 bits per heavy atom. The van der Waals surface area contributed by atoms with Crippen LogP contribution in [-0.2, 0) is 6.54 Å². The summed E-state index contributed by atoms with van der Waals surface area (Å²) in [5.41, 5.74) is 1.35. The van der Waals surface area contributed by atoms with E-state index in [0.29, 0.717) is 22.7 Å². The molecule has 0 fully saturated rings. The van der Waals surface area contributed by atoms with Crippen molar-refractivity contribution in [3.8, 4) is 5.75 Å². The number of aromatic amines is 1. The Hall–Kier alpha value is -2.63. The average Bonchev–Trinajstić information content (AvgIpc) is 2.44. The second-order valence-electron chi connectivity index (χ2n) is 4.29. The number of hydrogen-bond acceptors (Lipinski definition) is 4. The van der Waals surface area contributed by atoms with E-state index in [-0.39, 0.29) is 18.0 Å². The van der Waals surface area contributed by atoms with Crippen molar-refractivity contribution in [3.63, 3.8) is 0 Å². The fourth-order valence-electron chi connectivity index (χ4n) is 1.77. The lowest BCUT2D eigenvalue weighted by molar-refractivity contribution is 0.0950. The van der Waals surface area contributed by atoms with Gasteiger partial charge in [0.2, 0.25) is 5.56 Å². The van der Waals surface area contributed by atoms with E-state index in [1.54, 1.807) is 38.4 Å². The molecule has 2 rings (SSSR count). The number of aryl methyl sites for hydroxylation is 1. The zero-order chi connectivity index (χ0) is 14.5. The van der Waals surface area contributed by atoms with Crippen LogP contribution in [0.2, 0.25) is 0 Å². The van der Waals surface area contributed by atoms with Gasteiger partial charge in [-0.05, 0) is 19.1 Å². The van der Waals surface area contributed by atoms with Crippen molar-refractivity contribution < 1.29 is 9.53 Å². The van der Waals surface area contributed by atoms with Crippen LogP contribution >= 0.6 is 0 Å². The van der Waals surface area contributed by atoms with Gasteiger partial charge in [-0.15, -0.1) is 0 Å². The lowest BCUT2D eigenvalue weighted by Crippen LogP contribution is -2.25. The highest BCUT2D eigenvalue weighted by atomic mass is 16.5. The average molecular weight is 273 g/mol. The second-order valence-corrected chi connectivity index (χ2v) is 4.29. The van der Waals surface area contributed by atoms with Crippen LogP contribution in [0.5, 0.6) is 5.75 Å². The van der Waals surface area contributed by atoms with Crippen LogP contribution < -0.4 is 15.6 Å². The molecule has 0 aliphatic carbocycles. The third kappa shape index (κ3) is 3.44. The van der Waals surface area contributed by atoms with E-state index in [1.165, 1.54) is 6.07 Å². The van der Waals surface area contributed by atoms with Gasteiger partial charge in [0.25, 0.3) is 5.91 Å². The molecular weight excluding hydrogens is 258 g/mol. The van der Waals surface area contributed by atoms with Crippen molar-refractivity contribution >= 4 is 5.91 Å². The number of amides is 1. The Morgan fingerprint density at radius 1 is 1.40 bits per heavy atom. The van der Waals surface area contributed by atoms with Crippen molar-refractivity contribution in [2.24, 2.45) is 0 Å². The SMILES string of the molecule is COc1ccnc(CNC(=O)c2cc(C)[nH]c(=O)c2)c1. The van der Waals surface area contributed by atoms with E-state index in [4.69, 9.17) is 4.74 Å². The molecule has 0 radical (unpaired) electrons. The monoisotopic (exact) mass is 273 g/mol. The van der Waals surface area contributed by atoms with Gasteiger partial charge >= 0.3 is 0 Å². The minimum Gasteiger partial charge on any atom is -0.497 e. The van der Waals surface area contributed by atoms with E-state index in [0.717, 1.165) is 0 Å². The summed E-state index contributed by atoms with van der Waals surface area (Å²) in [6.07, 6.45) is 1.61. The molecule has 2 aromatic rings. The van der Waals surface area contributed by atoms with E-state index in [9.17, 15) is 9.59 Å². The Labute approximate surface area is 115 Å². The van der Waals surface area contributed by atoms with Gasteiger partial charge in [-0.2, -0.15) is 0 Å². The van der Waals surface area contributed by atoms with Gasteiger partial charge in [0, 0.05) is 29.6 Å². The zero-order valence-corrected chi connectivity index (χ0v) is 11.3. The molecule has 0 aliphatic heterocycles. The van der Waals surface area contributed by atoms with Crippen LogP contribution in [-0.4, -0.2) is 23.0 Å². The minimum absolute atomic E-state index is 0.266. The maximum absolute atomic E-state index is 12.0. The smallest absolute Gasteiger partial charge is 0.251 e. The molecule has 0 spiro atoms. The number of aromatic nitrogens is 2. The molecule has 0 bridgehead atoms. The highest BCUT2D eigenvalue weighted by molar-refractivity contribution is 5.94. The summed E-state index contributed by atoms with van der Waals surface area (Å²) in [6.45, 7) is 1.99. The fourth-order valence-corrected chi connectivity index (χ4v) is 1.77. The van der Waals surface area contributed by atoms with E-state index in [2.05, 4.69) is 15.3 Å². The van der Waals surface area contributed by atoms with E-state index < -0.39 is 0 Å². The third-order valence-electron chi connectivity index (χ3n) is 2.69. The van der Waals surface area contributed by atoms with Gasteiger partial charge in [-0.3, -0.25) is 14.6 Å². The van der Waals surface area contributed by atoms with Crippen molar-refractivity contribution in [2.75, 3.05) is 7.11 Å². The van der Waals surface area contributed by atoms with Gasteiger partial charge in [-0.25, -0.2) is 0 Å². The van der Waals surface area contributed by atoms with Gasteiger partial charge in [-0.1, -0.05) is 0 Å². The van der Waals surface area contributed by atoms with E-state index >= 15 is 0 Å². The quantitative estimate of drug-likeness (QED) is 0.871. The number of H-pyrrole nitrogens is 1. The number of nitrogens with zero attached hydrogens (tertiary/aromatic N) is 1. The minimum atomic E-state index is -0.316. The molecule has 0 aromatic carbocycles. The summed E-state index contributed by atoms with van der Waals surface area (Å²) in [4.78, 5) is 30.0. The number of carbonyl (C=O) groups excluding carboxylic acids is 1. The van der Waals surface area contributed by atoms with Crippen LogP contribution in [0.15, 0.2) is 35.3 Å². The predicted molar refractivity (Wildman–Crippen MR) is 73.8 cm³/mol. The molecule has 2 aromatic heterocycles. The molecule has 6 nitrogen and oxygen atoms in total. The molecule has 0 saturated carbocycles. The maximum Gasteiger partial charge on any atom is 0.251 e. The van der Waals surface area contributed by atoms with Crippen LogP contribution in [0.25, 0.3) is 0 Å². The van der Waals surface area contributed by atoms with Crippen molar-refractivity contribution in [3.05, 3.63) is 57.8 Å². The van der Waals surface area contributed by atoms with Crippen LogP contribution in [0.3, 0.4) is 0 Å². The van der Waals surface area contributed by atoms with Crippen molar-refractivity contribution in [1.29, 1.82) is 0 Å². The Kier molecular flexibility index (Phi) is 4.14. The summed E-state index contributed by atoms with van der Waals surface area (Å²) < 4.78 is 5.08. The van der Waals surface area contributed by atoms with Gasteiger partial charge in [0.1, 0.15) is 5.75 Å². The fraction of sp³-hybridized carbons (Fsp3) is 0.214. The van der Waals surface area contributed by atoms with Gasteiger partial charge in [0.15, 0.2) is 0 Å². The van der Waals surface area contributed by atoms with Crippen molar-refractivity contribution in [1.82, 2.24) is 15.3 Å².